The molecule has 6 aliphatic rings. The zero-order chi connectivity index (χ0) is 25.1. The van der Waals surface area contributed by atoms with Crippen LogP contribution in [0.1, 0.15) is 59.3 Å². The summed E-state index contributed by atoms with van der Waals surface area (Å²) in [6.07, 6.45) is 4.66. The molecule has 0 amide bonds. The van der Waals surface area contributed by atoms with E-state index < -0.39 is 40.2 Å². The molecule has 192 valence electrons. The number of allylic oxidation sites excluding steroid dienone is 1. The van der Waals surface area contributed by atoms with Crippen molar-refractivity contribution in [3.63, 3.8) is 0 Å². The summed E-state index contributed by atoms with van der Waals surface area (Å²) in [5.41, 5.74) is -3.42. The maximum atomic E-state index is 13.2. The summed E-state index contributed by atoms with van der Waals surface area (Å²) in [5, 5.41) is 34.5. The van der Waals surface area contributed by atoms with Crippen LogP contribution in [0.25, 0.3) is 0 Å². The number of carbonyl (C=O) groups is 2. The van der Waals surface area contributed by atoms with E-state index in [2.05, 4.69) is 13.5 Å². The molecule has 12 atom stereocenters. The smallest absolute Gasteiger partial charge is 0.336 e. The minimum atomic E-state index is -1.51. The topological polar surface area (TPSA) is 113 Å². The molecule has 4 aliphatic carbocycles. The largest absolute Gasteiger partial charge is 0.458 e. The summed E-state index contributed by atoms with van der Waals surface area (Å²) < 4.78 is 12.1. The zero-order valence-corrected chi connectivity index (χ0v) is 20.9. The minimum absolute atomic E-state index is 0.0209. The number of aliphatic hydroxyl groups excluding tert-OH is 2. The van der Waals surface area contributed by atoms with Crippen molar-refractivity contribution >= 4 is 11.8 Å². The molecule has 6 unspecified atom stereocenters. The molecule has 2 bridgehead atoms. The summed E-state index contributed by atoms with van der Waals surface area (Å²) in [5.74, 6) is -0.580. The average Bonchev–Trinajstić information content (AvgIpc) is 3.15. The second-order valence-electron chi connectivity index (χ2n) is 12.9. The quantitative estimate of drug-likeness (QED) is 0.385. The molecule has 5 fully saturated rings. The number of aliphatic hydroxyl groups is 3. The van der Waals surface area contributed by atoms with Crippen LogP contribution in [-0.2, 0) is 19.1 Å². The average molecular weight is 487 g/mol. The molecule has 0 aromatic carbocycles. The van der Waals surface area contributed by atoms with Gasteiger partial charge in [-0.1, -0.05) is 19.6 Å². The van der Waals surface area contributed by atoms with Gasteiger partial charge in [0, 0.05) is 12.3 Å². The van der Waals surface area contributed by atoms with Crippen LogP contribution in [0, 0.1) is 40.4 Å². The first-order valence-corrected chi connectivity index (χ1v) is 13.2. The van der Waals surface area contributed by atoms with E-state index in [0.29, 0.717) is 31.4 Å². The van der Waals surface area contributed by atoms with Gasteiger partial charge in [-0.15, -0.1) is 0 Å². The van der Waals surface area contributed by atoms with Gasteiger partial charge in [-0.05, 0) is 81.1 Å². The van der Waals surface area contributed by atoms with Crippen LogP contribution < -0.4 is 0 Å². The van der Waals surface area contributed by atoms with Gasteiger partial charge in [0.2, 0.25) is 0 Å². The van der Waals surface area contributed by atoms with Crippen LogP contribution in [0.15, 0.2) is 24.3 Å². The zero-order valence-electron chi connectivity index (χ0n) is 20.9. The Morgan fingerprint density at radius 1 is 1.00 bits per heavy atom. The molecular weight excluding hydrogens is 448 g/mol. The van der Waals surface area contributed by atoms with E-state index in [9.17, 15) is 24.9 Å². The minimum Gasteiger partial charge on any atom is -0.458 e. The Hall–Kier alpha value is -1.54. The fourth-order valence-electron chi connectivity index (χ4n) is 9.55. The molecule has 3 N–H and O–H groups in total. The molecular formula is C28H38O7. The number of rotatable bonds is 1. The summed E-state index contributed by atoms with van der Waals surface area (Å²) >= 11 is 0. The highest BCUT2D eigenvalue weighted by molar-refractivity contribution is 5.97. The predicted molar refractivity (Wildman–Crippen MR) is 126 cm³/mol. The SMILES string of the molecule is C=C1C(=O)O[C@@H]2C[C@@]1(C)OC[C@H]2C1CCC2C3C[C@@H](O)[C@@]4(O)CC=CC(=O)C4(C)C3C[C@@H](O)C21C. The van der Waals surface area contributed by atoms with E-state index in [1.54, 1.807) is 19.1 Å². The van der Waals surface area contributed by atoms with Gasteiger partial charge in [0.25, 0.3) is 0 Å². The van der Waals surface area contributed by atoms with Crippen LogP contribution in [-0.4, -0.2) is 63.2 Å². The summed E-state index contributed by atoms with van der Waals surface area (Å²) in [6, 6.07) is 0. The van der Waals surface area contributed by atoms with Crippen LogP contribution in [0.4, 0.5) is 0 Å². The number of fused-ring (bicyclic) bond motifs is 7. The van der Waals surface area contributed by atoms with Gasteiger partial charge >= 0.3 is 5.97 Å². The molecule has 2 heterocycles. The second kappa shape index (κ2) is 7.27. The lowest BCUT2D eigenvalue weighted by atomic mass is 9.42. The van der Waals surface area contributed by atoms with E-state index in [1.807, 2.05) is 6.92 Å². The van der Waals surface area contributed by atoms with Crippen molar-refractivity contribution < 1.29 is 34.4 Å². The molecule has 0 radical (unpaired) electrons. The molecule has 0 aromatic rings. The first-order valence-electron chi connectivity index (χ1n) is 13.2. The van der Waals surface area contributed by atoms with Crippen molar-refractivity contribution in [2.45, 2.75) is 88.8 Å². The highest BCUT2D eigenvalue weighted by Gasteiger charge is 2.71. The number of hydrogen-bond donors (Lipinski definition) is 3. The van der Waals surface area contributed by atoms with Gasteiger partial charge in [-0.2, -0.15) is 0 Å². The lowest BCUT2D eigenvalue weighted by Gasteiger charge is -2.64. The fourth-order valence-corrected chi connectivity index (χ4v) is 9.55. The highest BCUT2D eigenvalue weighted by atomic mass is 16.6. The van der Waals surface area contributed by atoms with Gasteiger partial charge in [0.05, 0.1) is 29.8 Å². The van der Waals surface area contributed by atoms with E-state index in [0.717, 1.165) is 12.8 Å². The Bertz CT molecular complexity index is 1020. The van der Waals surface area contributed by atoms with Gasteiger partial charge in [0.15, 0.2) is 5.78 Å². The van der Waals surface area contributed by atoms with Crippen molar-refractivity contribution in [2.75, 3.05) is 6.61 Å². The Kier molecular flexibility index (Phi) is 4.95. The van der Waals surface area contributed by atoms with E-state index in [1.165, 1.54) is 0 Å². The second-order valence-corrected chi connectivity index (χ2v) is 12.9. The molecule has 7 nitrogen and oxygen atoms in total. The summed E-state index contributed by atoms with van der Waals surface area (Å²) in [7, 11) is 0. The molecule has 0 aromatic heterocycles. The molecule has 2 aliphatic heterocycles. The molecule has 35 heavy (non-hydrogen) atoms. The lowest BCUT2D eigenvalue weighted by molar-refractivity contribution is -0.249. The third-order valence-corrected chi connectivity index (χ3v) is 11.8. The van der Waals surface area contributed by atoms with E-state index in [-0.39, 0.29) is 47.9 Å². The number of ketones is 1. The van der Waals surface area contributed by atoms with Gasteiger partial charge in [-0.3, -0.25) is 4.79 Å². The molecule has 6 rings (SSSR count). The Labute approximate surface area is 206 Å². The van der Waals surface area contributed by atoms with E-state index in [4.69, 9.17) is 9.47 Å². The van der Waals surface area contributed by atoms with Gasteiger partial charge in [0.1, 0.15) is 17.3 Å². The van der Waals surface area contributed by atoms with Crippen molar-refractivity contribution in [1.29, 1.82) is 0 Å². The maximum Gasteiger partial charge on any atom is 0.336 e. The Balaban J connectivity index is 1.34. The molecule has 0 spiro atoms. The Morgan fingerprint density at radius 3 is 2.40 bits per heavy atom. The summed E-state index contributed by atoms with van der Waals surface area (Å²) in [6.45, 7) is 10.2. The van der Waals surface area contributed by atoms with Crippen molar-refractivity contribution in [1.82, 2.24) is 0 Å². The molecule has 2 saturated heterocycles. The number of carbonyl (C=O) groups excluding carboxylic acids is 2. The molecule has 3 saturated carbocycles. The maximum absolute atomic E-state index is 13.2. The van der Waals surface area contributed by atoms with Crippen molar-refractivity contribution in [3.05, 3.63) is 24.3 Å². The fraction of sp³-hybridized carbons (Fsp3) is 0.786. The summed E-state index contributed by atoms with van der Waals surface area (Å²) in [4.78, 5) is 25.8. The number of ether oxygens (including phenoxy) is 2. The van der Waals surface area contributed by atoms with Crippen LogP contribution in [0.3, 0.4) is 0 Å². The van der Waals surface area contributed by atoms with E-state index >= 15 is 0 Å². The third kappa shape index (κ3) is 2.76. The first kappa shape index (κ1) is 23.8. The van der Waals surface area contributed by atoms with Gasteiger partial charge in [-0.25, -0.2) is 4.79 Å². The number of hydrogen-bond acceptors (Lipinski definition) is 7. The predicted octanol–water partition coefficient (Wildman–Crippen LogP) is 2.32. The monoisotopic (exact) mass is 486 g/mol. The third-order valence-electron chi connectivity index (χ3n) is 11.8. The van der Waals surface area contributed by atoms with Crippen molar-refractivity contribution in [3.8, 4) is 0 Å². The van der Waals surface area contributed by atoms with Crippen LogP contribution in [0.2, 0.25) is 0 Å². The van der Waals surface area contributed by atoms with Crippen LogP contribution >= 0.6 is 0 Å². The standard InChI is InChI=1S/C28H38O7/c1-14-24(32)35-20-12-25(14,2)34-13-16(20)18-8-7-17-15-10-23(31)28(33)9-5-6-21(29)27(28,4)19(15)11-22(30)26(17,18)3/h5-6,15-20,22-23,30-31,33H,1,7-13H2,2-4H3/t15?,16-,17?,18?,19?,20+,22+,23+,25+,26?,27?,28-/m0/s1. The highest BCUT2D eigenvalue weighted by Crippen LogP contribution is 2.68. The lowest BCUT2D eigenvalue weighted by Crippen LogP contribution is -2.71. The number of esters is 1. The van der Waals surface area contributed by atoms with Gasteiger partial charge < -0.3 is 24.8 Å². The Morgan fingerprint density at radius 2 is 1.69 bits per heavy atom. The van der Waals surface area contributed by atoms with Crippen LogP contribution in [0.5, 0.6) is 0 Å². The van der Waals surface area contributed by atoms with Crippen molar-refractivity contribution in [2.24, 2.45) is 40.4 Å². The molecule has 7 heteroatoms. The first-order chi connectivity index (χ1) is 16.4. The normalized spacial score (nSPS) is 57.3.